The third-order valence-corrected chi connectivity index (χ3v) is 4.71. The molecule has 7 nitrogen and oxygen atoms in total. The number of benzene rings is 1. The van der Waals surface area contributed by atoms with E-state index in [1.165, 1.54) is 0 Å². The molecular formula is C18H21F4NO6. The highest BCUT2D eigenvalue weighted by Crippen LogP contribution is 2.36. The fraction of sp³-hybridized carbons (Fsp3) is 0.556. The number of ether oxygens (including phenoxy) is 2. The van der Waals surface area contributed by atoms with Crippen molar-refractivity contribution in [2.75, 3.05) is 13.3 Å². The lowest BCUT2D eigenvalue weighted by Crippen LogP contribution is -2.40. The van der Waals surface area contributed by atoms with Crippen LogP contribution in [0.2, 0.25) is 0 Å². The predicted octanol–water partition coefficient (Wildman–Crippen LogP) is 3.12. The molecule has 0 saturated heterocycles. The molecule has 2 aliphatic rings. The van der Waals surface area contributed by atoms with E-state index in [0.717, 1.165) is 17.1 Å². The Hall–Kier alpha value is -2.56. The fourth-order valence-electron chi connectivity index (χ4n) is 3.11. The molecule has 1 aromatic carbocycles. The van der Waals surface area contributed by atoms with Crippen LogP contribution in [0.1, 0.15) is 31.2 Å². The predicted molar refractivity (Wildman–Crippen MR) is 91.4 cm³/mol. The molecule has 0 aromatic heterocycles. The summed E-state index contributed by atoms with van der Waals surface area (Å²) in [5, 5.41) is 19.2. The van der Waals surface area contributed by atoms with Crippen molar-refractivity contribution in [3.05, 3.63) is 23.8 Å². The van der Waals surface area contributed by atoms with Crippen molar-refractivity contribution < 1.29 is 46.8 Å². The summed E-state index contributed by atoms with van der Waals surface area (Å²) >= 11 is 0. The lowest BCUT2D eigenvalue weighted by molar-refractivity contribution is -0.192. The van der Waals surface area contributed by atoms with Gasteiger partial charge >= 0.3 is 18.1 Å². The zero-order chi connectivity index (χ0) is 21.7. The summed E-state index contributed by atoms with van der Waals surface area (Å²) in [6.45, 7) is 0.945. The Labute approximate surface area is 163 Å². The van der Waals surface area contributed by atoms with Crippen LogP contribution in [0, 0.1) is 5.92 Å². The molecule has 0 atom stereocenters. The first kappa shape index (κ1) is 22.7. The normalized spacial score (nSPS) is 23.1. The van der Waals surface area contributed by atoms with Crippen LogP contribution < -0.4 is 14.8 Å². The van der Waals surface area contributed by atoms with E-state index in [0.29, 0.717) is 32.2 Å². The fourth-order valence-corrected chi connectivity index (χ4v) is 3.11. The van der Waals surface area contributed by atoms with Gasteiger partial charge in [0.15, 0.2) is 11.5 Å². The van der Waals surface area contributed by atoms with E-state index >= 15 is 0 Å². The van der Waals surface area contributed by atoms with Crippen LogP contribution >= 0.6 is 0 Å². The van der Waals surface area contributed by atoms with Crippen molar-refractivity contribution in [1.82, 2.24) is 5.32 Å². The second-order valence-electron chi connectivity index (χ2n) is 6.82. The maximum Gasteiger partial charge on any atom is 0.490 e. The Bertz CT molecular complexity index is 732. The molecule has 0 spiro atoms. The van der Waals surface area contributed by atoms with Crippen LogP contribution in [0.3, 0.4) is 0 Å². The van der Waals surface area contributed by atoms with Gasteiger partial charge in [-0.15, -0.1) is 0 Å². The van der Waals surface area contributed by atoms with Crippen molar-refractivity contribution in [2.24, 2.45) is 5.92 Å². The monoisotopic (exact) mass is 423 g/mol. The van der Waals surface area contributed by atoms with Gasteiger partial charge in [0.05, 0.1) is 5.92 Å². The van der Waals surface area contributed by atoms with Crippen molar-refractivity contribution >= 4 is 11.9 Å². The Morgan fingerprint density at radius 2 is 1.79 bits per heavy atom. The highest BCUT2D eigenvalue weighted by Gasteiger charge is 2.38. The van der Waals surface area contributed by atoms with Gasteiger partial charge in [0.25, 0.3) is 0 Å². The van der Waals surface area contributed by atoms with Gasteiger partial charge in [-0.25, -0.2) is 9.18 Å². The first-order valence-electron chi connectivity index (χ1n) is 8.82. The van der Waals surface area contributed by atoms with Crippen LogP contribution in [-0.4, -0.2) is 47.3 Å². The van der Waals surface area contributed by atoms with Crippen LogP contribution in [0.4, 0.5) is 17.6 Å². The molecule has 1 fully saturated rings. The van der Waals surface area contributed by atoms with Crippen LogP contribution in [0.15, 0.2) is 18.2 Å². The Kier molecular flexibility index (Phi) is 7.28. The highest BCUT2D eigenvalue weighted by molar-refractivity contribution is 5.73. The zero-order valence-electron chi connectivity index (χ0n) is 15.3. The molecule has 1 saturated carbocycles. The van der Waals surface area contributed by atoms with Crippen molar-refractivity contribution in [2.45, 2.75) is 44.1 Å². The lowest BCUT2D eigenvalue weighted by atomic mass is 9.80. The summed E-state index contributed by atoms with van der Waals surface area (Å²) in [7, 11) is 0. The van der Waals surface area contributed by atoms with Gasteiger partial charge in [-0.2, -0.15) is 13.2 Å². The van der Waals surface area contributed by atoms with Crippen LogP contribution in [0.5, 0.6) is 11.5 Å². The smallest absolute Gasteiger partial charge is 0.481 e. The van der Waals surface area contributed by atoms with Crippen LogP contribution in [-0.2, 0) is 16.1 Å². The number of carboxylic acids is 2. The largest absolute Gasteiger partial charge is 0.490 e. The third-order valence-electron chi connectivity index (χ3n) is 4.71. The van der Waals surface area contributed by atoms with Crippen LogP contribution in [0.25, 0.3) is 0 Å². The molecule has 0 bridgehead atoms. The Balaban J connectivity index is 0.000000370. The van der Waals surface area contributed by atoms with Gasteiger partial charge in [-0.3, -0.25) is 4.79 Å². The summed E-state index contributed by atoms with van der Waals surface area (Å²) in [5.41, 5.74) is -0.376. The number of hydrogen-bond acceptors (Lipinski definition) is 5. The van der Waals surface area contributed by atoms with Gasteiger partial charge in [0.2, 0.25) is 6.79 Å². The summed E-state index contributed by atoms with van der Waals surface area (Å²) in [4.78, 5) is 19.8. The quantitative estimate of drug-likeness (QED) is 0.625. The minimum absolute atomic E-state index is 0.218. The van der Waals surface area contributed by atoms with E-state index in [1.807, 2.05) is 18.2 Å². The SMILES string of the molecule is O=C(O)C(F)(F)F.O=C(O)C1CCC(F)(CNCc2cccc3c2OCO3)CC1. The molecule has 29 heavy (non-hydrogen) atoms. The molecule has 1 aliphatic heterocycles. The number of rotatable bonds is 5. The van der Waals surface area contributed by atoms with E-state index in [4.69, 9.17) is 24.5 Å². The number of carboxylic acid groups (broad SMARTS) is 2. The van der Waals surface area contributed by atoms with Gasteiger partial charge in [-0.1, -0.05) is 12.1 Å². The second-order valence-corrected chi connectivity index (χ2v) is 6.82. The molecule has 1 aliphatic carbocycles. The molecule has 11 heteroatoms. The second kappa shape index (κ2) is 9.29. The average Bonchev–Trinajstić information content (AvgIpc) is 3.11. The van der Waals surface area contributed by atoms with Gasteiger partial charge in [0.1, 0.15) is 5.67 Å². The molecule has 1 aromatic rings. The van der Waals surface area contributed by atoms with Crippen molar-refractivity contribution in [3.8, 4) is 11.5 Å². The zero-order valence-corrected chi connectivity index (χ0v) is 15.3. The van der Waals surface area contributed by atoms with Gasteiger partial charge < -0.3 is 25.0 Å². The minimum Gasteiger partial charge on any atom is -0.481 e. The topological polar surface area (TPSA) is 105 Å². The summed E-state index contributed by atoms with van der Waals surface area (Å²) in [6.07, 6.45) is -3.68. The summed E-state index contributed by atoms with van der Waals surface area (Å²) in [5.74, 6) is -2.53. The number of alkyl halides is 4. The number of aliphatic carboxylic acids is 2. The average molecular weight is 423 g/mol. The van der Waals surface area contributed by atoms with Gasteiger partial charge in [0, 0.05) is 18.7 Å². The maximum atomic E-state index is 14.7. The Morgan fingerprint density at radius 1 is 1.17 bits per heavy atom. The summed E-state index contributed by atoms with van der Waals surface area (Å²) < 4.78 is 57.1. The number of para-hydroxylation sites is 1. The van der Waals surface area contributed by atoms with Crippen molar-refractivity contribution in [1.29, 1.82) is 0 Å². The first-order chi connectivity index (χ1) is 13.5. The van der Waals surface area contributed by atoms with E-state index in [2.05, 4.69) is 5.32 Å². The molecular weight excluding hydrogens is 402 g/mol. The minimum atomic E-state index is -5.08. The molecule has 0 radical (unpaired) electrons. The number of fused-ring (bicyclic) bond motifs is 1. The lowest BCUT2D eigenvalue weighted by Gasteiger charge is -2.32. The molecule has 1 heterocycles. The number of hydrogen-bond donors (Lipinski definition) is 3. The standard InChI is InChI=1S/C16H20FNO4.C2HF3O2/c17-16(6-4-11(5-7-16)15(19)20)9-18-8-12-2-1-3-13-14(12)22-10-21-13;3-2(4,5)1(6)7/h1-3,11,18H,4-10H2,(H,19,20);(H,6,7). The van der Waals surface area contributed by atoms with E-state index in [-0.39, 0.29) is 13.3 Å². The Morgan fingerprint density at radius 3 is 2.34 bits per heavy atom. The van der Waals surface area contributed by atoms with Gasteiger partial charge in [-0.05, 0) is 31.7 Å². The molecule has 3 rings (SSSR count). The van der Waals surface area contributed by atoms with E-state index < -0.39 is 29.7 Å². The third kappa shape index (κ3) is 6.48. The van der Waals surface area contributed by atoms with E-state index in [1.54, 1.807) is 0 Å². The van der Waals surface area contributed by atoms with E-state index in [9.17, 15) is 22.4 Å². The number of nitrogens with one attached hydrogen (secondary N) is 1. The number of halogens is 4. The molecule has 0 unspecified atom stereocenters. The maximum absolute atomic E-state index is 14.7. The molecule has 3 N–H and O–H groups in total. The first-order valence-corrected chi connectivity index (χ1v) is 8.82. The van der Waals surface area contributed by atoms with Crippen molar-refractivity contribution in [3.63, 3.8) is 0 Å². The summed E-state index contributed by atoms with van der Waals surface area (Å²) in [6, 6.07) is 5.65. The molecule has 162 valence electrons. The number of carbonyl (C=O) groups is 2. The highest BCUT2D eigenvalue weighted by atomic mass is 19.4. The molecule has 0 amide bonds.